The van der Waals surface area contributed by atoms with Gasteiger partial charge in [0, 0.05) is 19.0 Å². The van der Waals surface area contributed by atoms with Crippen molar-refractivity contribution in [3.8, 4) is 0 Å². The summed E-state index contributed by atoms with van der Waals surface area (Å²) in [7, 11) is 1.70. The molecule has 0 spiro atoms. The monoisotopic (exact) mass is 318 g/mol. The van der Waals surface area contributed by atoms with Gasteiger partial charge in [0.15, 0.2) is 0 Å². The van der Waals surface area contributed by atoms with E-state index in [1.165, 1.54) is 6.42 Å². The van der Waals surface area contributed by atoms with Gasteiger partial charge in [-0.1, -0.05) is 42.5 Å². The van der Waals surface area contributed by atoms with Crippen LogP contribution in [0, 0.1) is 5.41 Å². The van der Waals surface area contributed by atoms with Gasteiger partial charge in [0.25, 0.3) is 5.91 Å². The van der Waals surface area contributed by atoms with Crippen LogP contribution in [0.1, 0.15) is 42.6 Å². The van der Waals surface area contributed by atoms with Gasteiger partial charge in [0.2, 0.25) is 0 Å². The van der Waals surface area contributed by atoms with Crippen molar-refractivity contribution in [2.75, 3.05) is 13.2 Å². The Labute approximate surface area is 129 Å². The number of carbonyl (C=O) groups excluding carboxylic acids is 1. The SMILES string of the molecule is Cn1c(C(=O)NCC2(CO)CCCCC2)cc(Cl)c1Cl. The molecule has 1 aromatic rings. The van der Waals surface area contributed by atoms with E-state index in [0.717, 1.165) is 25.7 Å². The van der Waals surface area contributed by atoms with Crippen LogP contribution in [0.3, 0.4) is 0 Å². The summed E-state index contributed by atoms with van der Waals surface area (Å²) in [6.07, 6.45) is 5.34. The molecule has 0 atom stereocenters. The first-order valence-corrected chi connectivity index (χ1v) is 7.64. The van der Waals surface area contributed by atoms with Crippen molar-refractivity contribution in [1.29, 1.82) is 0 Å². The Morgan fingerprint density at radius 2 is 2.05 bits per heavy atom. The number of aliphatic hydroxyl groups excluding tert-OH is 1. The fraction of sp³-hybridized carbons (Fsp3) is 0.643. The second kappa shape index (κ2) is 6.37. The molecule has 0 radical (unpaired) electrons. The first kappa shape index (κ1) is 15.7. The molecule has 1 fully saturated rings. The molecule has 0 aliphatic heterocycles. The summed E-state index contributed by atoms with van der Waals surface area (Å²) >= 11 is 11.9. The largest absolute Gasteiger partial charge is 0.396 e. The summed E-state index contributed by atoms with van der Waals surface area (Å²) in [5, 5.41) is 13.3. The Morgan fingerprint density at radius 1 is 1.40 bits per heavy atom. The van der Waals surface area contributed by atoms with E-state index in [0.29, 0.717) is 22.4 Å². The minimum Gasteiger partial charge on any atom is -0.396 e. The van der Waals surface area contributed by atoms with Crippen LogP contribution in [0.25, 0.3) is 0 Å². The molecule has 112 valence electrons. The Balaban J connectivity index is 2.02. The van der Waals surface area contributed by atoms with Crippen molar-refractivity contribution >= 4 is 29.1 Å². The summed E-state index contributed by atoms with van der Waals surface area (Å²) < 4.78 is 1.56. The molecule has 2 rings (SSSR count). The van der Waals surface area contributed by atoms with E-state index in [9.17, 15) is 9.90 Å². The average molecular weight is 319 g/mol. The molecule has 0 bridgehead atoms. The smallest absolute Gasteiger partial charge is 0.268 e. The van der Waals surface area contributed by atoms with E-state index in [1.807, 2.05) is 0 Å². The van der Waals surface area contributed by atoms with Gasteiger partial charge in [-0.2, -0.15) is 0 Å². The summed E-state index contributed by atoms with van der Waals surface area (Å²) in [4.78, 5) is 12.2. The third-order valence-corrected chi connectivity index (χ3v) is 5.06. The van der Waals surface area contributed by atoms with Crippen LogP contribution in [-0.2, 0) is 7.05 Å². The maximum absolute atomic E-state index is 12.2. The molecule has 6 heteroatoms. The number of halogens is 2. The predicted molar refractivity (Wildman–Crippen MR) is 80.4 cm³/mol. The van der Waals surface area contributed by atoms with Gasteiger partial charge in [-0.3, -0.25) is 4.79 Å². The van der Waals surface area contributed by atoms with Crippen molar-refractivity contribution in [1.82, 2.24) is 9.88 Å². The number of rotatable bonds is 4. The molecule has 20 heavy (non-hydrogen) atoms. The number of amides is 1. The minimum atomic E-state index is -0.209. The van der Waals surface area contributed by atoms with Crippen LogP contribution < -0.4 is 5.32 Å². The third-order valence-electron chi connectivity index (χ3n) is 4.22. The quantitative estimate of drug-likeness (QED) is 0.896. The molecule has 1 aliphatic rings. The van der Waals surface area contributed by atoms with Crippen molar-refractivity contribution in [3.63, 3.8) is 0 Å². The topological polar surface area (TPSA) is 54.3 Å². The van der Waals surface area contributed by atoms with E-state index in [-0.39, 0.29) is 17.9 Å². The molecule has 1 aromatic heterocycles. The summed E-state index contributed by atoms with van der Waals surface area (Å²) in [5.41, 5.74) is 0.260. The molecule has 4 nitrogen and oxygen atoms in total. The molecule has 1 heterocycles. The second-order valence-corrected chi connectivity index (χ2v) is 6.39. The van der Waals surface area contributed by atoms with Crippen molar-refractivity contribution in [2.24, 2.45) is 12.5 Å². The van der Waals surface area contributed by atoms with Crippen LogP contribution in [0.5, 0.6) is 0 Å². The lowest BCUT2D eigenvalue weighted by molar-refractivity contribution is 0.0714. The molecular formula is C14H20Cl2N2O2. The number of aromatic nitrogens is 1. The molecule has 1 saturated carbocycles. The molecule has 1 amide bonds. The molecule has 0 saturated heterocycles. The van der Waals surface area contributed by atoms with Crippen LogP contribution >= 0.6 is 23.2 Å². The maximum Gasteiger partial charge on any atom is 0.268 e. The van der Waals surface area contributed by atoms with Crippen LogP contribution in [0.15, 0.2) is 6.07 Å². The zero-order valence-corrected chi connectivity index (χ0v) is 13.1. The normalized spacial score (nSPS) is 18.0. The number of aliphatic hydroxyl groups is 1. The fourth-order valence-electron chi connectivity index (χ4n) is 2.81. The second-order valence-electron chi connectivity index (χ2n) is 5.63. The number of hydrogen-bond acceptors (Lipinski definition) is 2. The van der Waals surface area contributed by atoms with Crippen LogP contribution in [0.4, 0.5) is 0 Å². The predicted octanol–water partition coefficient (Wildman–Crippen LogP) is 3.00. The Bertz CT molecular complexity index is 494. The Hall–Kier alpha value is -0.710. The van der Waals surface area contributed by atoms with Gasteiger partial charge in [-0.05, 0) is 18.9 Å². The standard InChI is InChI=1S/C14H20Cl2N2O2/c1-18-11(7-10(15)12(18)16)13(20)17-8-14(9-19)5-3-2-4-6-14/h7,19H,2-6,8-9H2,1H3,(H,17,20). The lowest BCUT2D eigenvalue weighted by Gasteiger charge is -2.35. The van der Waals surface area contributed by atoms with Gasteiger partial charge < -0.3 is 15.0 Å². The molecular weight excluding hydrogens is 299 g/mol. The maximum atomic E-state index is 12.2. The first-order valence-electron chi connectivity index (χ1n) is 6.89. The van der Waals surface area contributed by atoms with Crippen molar-refractivity contribution in [2.45, 2.75) is 32.1 Å². The Morgan fingerprint density at radius 3 is 2.55 bits per heavy atom. The van der Waals surface area contributed by atoms with Gasteiger partial charge in [-0.15, -0.1) is 0 Å². The lowest BCUT2D eigenvalue weighted by Crippen LogP contribution is -2.41. The van der Waals surface area contributed by atoms with E-state index in [2.05, 4.69) is 5.32 Å². The summed E-state index contributed by atoms with van der Waals surface area (Å²) in [5.74, 6) is -0.209. The van der Waals surface area contributed by atoms with Gasteiger partial charge in [-0.25, -0.2) is 0 Å². The van der Waals surface area contributed by atoms with E-state index in [4.69, 9.17) is 23.2 Å². The molecule has 1 aliphatic carbocycles. The number of carbonyl (C=O) groups is 1. The highest BCUT2D eigenvalue weighted by Crippen LogP contribution is 2.35. The van der Waals surface area contributed by atoms with E-state index >= 15 is 0 Å². The molecule has 2 N–H and O–H groups in total. The van der Waals surface area contributed by atoms with E-state index in [1.54, 1.807) is 17.7 Å². The van der Waals surface area contributed by atoms with Crippen LogP contribution in [-0.4, -0.2) is 28.7 Å². The van der Waals surface area contributed by atoms with E-state index < -0.39 is 0 Å². The minimum absolute atomic E-state index is 0.113. The third kappa shape index (κ3) is 3.13. The van der Waals surface area contributed by atoms with Crippen LogP contribution in [0.2, 0.25) is 10.2 Å². The zero-order chi connectivity index (χ0) is 14.8. The van der Waals surface area contributed by atoms with Gasteiger partial charge in [0.05, 0.1) is 11.6 Å². The fourth-order valence-corrected chi connectivity index (χ4v) is 3.19. The summed E-state index contributed by atoms with van der Waals surface area (Å²) in [6, 6.07) is 1.56. The lowest BCUT2D eigenvalue weighted by atomic mass is 9.74. The number of nitrogens with zero attached hydrogens (tertiary/aromatic N) is 1. The highest BCUT2D eigenvalue weighted by atomic mass is 35.5. The number of hydrogen-bond donors (Lipinski definition) is 2. The van der Waals surface area contributed by atoms with Crippen molar-refractivity contribution in [3.05, 3.63) is 21.9 Å². The van der Waals surface area contributed by atoms with Gasteiger partial charge in [0.1, 0.15) is 10.8 Å². The van der Waals surface area contributed by atoms with Gasteiger partial charge >= 0.3 is 0 Å². The summed E-state index contributed by atoms with van der Waals surface area (Å²) in [6.45, 7) is 0.602. The number of nitrogens with one attached hydrogen (secondary N) is 1. The van der Waals surface area contributed by atoms with Crippen molar-refractivity contribution < 1.29 is 9.90 Å². The average Bonchev–Trinajstić information content (AvgIpc) is 2.73. The highest BCUT2D eigenvalue weighted by Gasteiger charge is 2.32. The molecule has 0 unspecified atom stereocenters. The highest BCUT2D eigenvalue weighted by molar-refractivity contribution is 6.41. The zero-order valence-electron chi connectivity index (χ0n) is 11.6. The first-order chi connectivity index (χ1) is 9.49. The molecule has 0 aromatic carbocycles. The Kier molecular flexibility index (Phi) is 4.99.